The average Bonchev–Trinajstić information content (AvgIpc) is 2.85. The molecule has 0 saturated carbocycles. The molecular weight excluding hydrogens is 264 g/mol. The first kappa shape index (κ1) is 15.4. The topological polar surface area (TPSA) is 63.2 Å². The Balaban J connectivity index is 2.08. The molecular formula is C14H22O6. The molecule has 2 rings (SSSR count). The van der Waals surface area contributed by atoms with E-state index in [9.17, 15) is 4.79 Å². The molecule has 2 heterocycles. The molecule has 0 aromatic rings. The van der Waals surface area contributed by atoms with Crippen LogP contribution in [0.15, 0.2) is 12.2 Å². The Morgan fingerprint density at radius 2 is 1.85 bits per heavy atom. The van der Waals surface area contributed by atoms with Gasteiger partial charge in [0, 0.05) is 6.08 Å². The molecule has 0 spiro atoms. The minimum atomic E-state index is -0.730. The lowest BCUT2D eigenvalue weighted by Crippen LogP contribution is -2.37. The quantitative estimate of drug-likeness (QED) is 0.577. The Morgan fingerprint density at radius 3 is 2.40 bits per heavy atom. The number of hydrogen-bond acceptors (Lipinski definition) is 6. The molecule has 0 aromatic carbocycles. The summed E-state index contributed by atoms with van der Waals surface area (Å²) in [5.74, 6) is -1.79. The van der Waals surface area contributed by atoms with E-state index < -0.39 is 17.5 Å². The van der Waals surface area contributed by atoms with Gasteiger partial charge >= 0.3 is 5.97 Å². The van der Waals surface area contributed by atoms with Crippen LogP contribution in [0.3, 0.4) is 0 Å². The maximum atomic E-state index is 11.2. The molecule has 0 aliphatic carbocycles. The summed E-state index contributed by atoms with van der Waals surface area (Å²) in [5.41, 5.74) is 0. The molecule has 0 N–H and O–H groups in total. The summed E-state index contributed by atoms with van der Waals surface area (Å²) < 4.78 is 27.6. The van der Waals surface area contributed by atoms with Gasteiger partial charge < -0.3 is 23.7 Å². The van der Waals surface area contributed by atoms with E-state index in [4.69, 9.17) is 18.9 Å². The van der Waals surface area contributed by atoms with Crippen molar-refractivity contribution in [2.24, 2.45) is 0 Å². The van der Waals surface area contributed by atoms with Crippen LogP contribution in [0.5, 0.6) is 0 Å². The summed E-state index contributed by atoms with van der Waals surface area (Å²) in [7, 11) is 1.33. The second-order valence-corrected chi connectivity index (χ2v) is 5.81. The number of rotatable bonds is 3. The van der Waals surface area contributed by atoms with Crippen LogP contribution in [0.2, 0.25) is 0 Å². The van der Waals surface area contributed by atoms with Gasteiger partial charge in [0.15, 0.2) is 11.6 Å². The van der Waals surface area contributed by atoms with Crippen molar-refractivity contribution >= 4 is 5.97 Å². The molecule has 0 amide bonds. The minimum absolute atomic E-state index is 0.237. The fourth-order valence-corrected chi connectivity index (χ4v) is 2.37. The predicted octanol–water partition coefficient (Wildman–Crippen LogP) is 1.39. The molecule has 3 atom stereocenters. The highest BCUT2D eigenvalue weighted by atomic mass is 16.8. The number of carbonyl (C=O) groups is 1. The monoisotopic (exact) mass is 286 g/mol. The van der Waals surface area contributed by atoms with Crippen LogP contribution >= 0.6 is 0 Å². The van der Waals surface area contributed by atoms with Gasteiger partial charge in [0.2, 0.25) is 0 Å². The highest BCUT2D eigenvalue weighted by Crippen LogP contribution is 2.35. The van der Waals surface area contributed by atoms with E-state index in [-0.39, 0.29) is 18.3 Å². The second-order valence-electron chi connectivity index (χ2n) is 5.81. The van der Waals surface area contributed by atoms with Crippen molar-refractivity contribution in [3.8, 4) is 0 Å². The third-order valence-corrected chi connectivity index (χ3v) is 3.18. The lowest BCUT2D eigenvalue weighted by molar-refractivity contribution is -0.174. The van der Waals surface area contributed by atoms with Gasteiger partial charge in [0.05, 0.1) is 13.7 Å². The zero-order valence-electron chi connectivity index (χ0n) is 12.5. The van der Waals surface area contributed by atoms with E-state index in [1.807, 2.05) is 27.7 Å². The molecule has 6 nitrogen and oxygen atoms in total. The summed E-state index contributed by atoms with van der Waals surface area (Å²) in [6.07, 6.45) is 2.03. The molecule has 0 aromatic heterocycles. The first-order valence-electron chi connectivity index (χ1n) is 6.66. The van der Waals surface area contributed by atoms with Crippen LogP contribution < -0.4 is 0 Å². The summed E-state index contributed by atoms with van der Waals surface area (Å²) in [6, 6.07) is 0. The van der Waals surface area contributed by atoms with Gasteiger partial charge in [-0.15, -0.1) is 0 Å². The Kier molecular flexibility index (Phi) is 4.20. The second kappa shape index (κ2) is 5.44. The van der Waals surface area contributed by atoms with Gasteiger partial charge in [-0.3, -0.25) is 0 Å². The molecule has 2 aliphatic heterocycles. The number of esters is 1. The summed E-state index contributed by atoms with van der Waals surface area (Å²) >= 11 is 0. The van der Waals surface area contributed by atoms with Crippen molar-refractivity contribution in [2.75, 3.05) is 13.7 Å². The van der Waals surface area contributed by atoms with Crippen LogP contribution in [-0.4, -0.2) is 49.6 Å². The zero-order valence-corrected chi connectivity index (χ0v) is 12.5. The van der Waals surface area contributed by atoms with Crippen molar-refractivity contribution < 1.29 is 28.5 Å². The summed E-state index contributed by atoms with van der Waals surface area (Å²) in [5, 5.41) is 0. The highest BCUT2D eigenvalue weighted by Gasteiger charge is 2.48. The Hall–Kier alpha value is -0.950. The van der Waals surface area contributed by atoms with Crippen LogP contribution in [0, 0.1) is 0 Å². The first-order chi connectivity index (χ1) is 9.22. The van der Waals surface area contributed by atoms with Gasteiger partial charge in [-0.1, -0.05) is 0 Å². The van der Waals surface area contributed by atoms with Crippen LogP contribution in [0.25, 0.3) is 0 Å². The van der Waals surface area contributed by atoms with Crippen molar-refractivity contribution in [1.82, 2.24) is 0 Å². The molecule has 2 aliphatic rings. The number of methoxy groups -OCH3 is 1. The Bertz CT molecular complexity index is 400. The van der Waals surface area contributed by atoms with E-state index >= 15 is 0 Å². The third-order valence-electron chi connectivity index (χ3n) is 3.18. The van der Waals surface area contributed by atoms with Crippen molar-refractivity contribution in [3.05, 3.63) is 12.2 Å². The molecule has 0 radical (unpaired) electrons. The lowest BCUT2D eigenvalue weighted by Gasteiger charge is -2.22. The van der Waals surface area contributed by atoms with E-state index in [2.05, 4.69) is 4.74 Å². The van der Waals surface area contributed by atoms with Crippen molar-refractivity contribution in [1.29, 1.82) is 0 Å². The lowest BCUT2D eigenvalue weighted by atomic mass is 10.1. The van der Waals surface area contributed by atoms with Crippen LogP contribution in [0.4, 0.5) is 0 Å². The van der Waals surface area contributed by atoms with Gasteiger partial charge in [-0.05, 0) is 33.8 Å². The summed E-state index contributed by atoms with van der Waals surface area (Å²) in [4.78, 5) is 11.2. The third kappa shape index (κ3) is 3.58. The highest BCUT2D eigenvalue weighted by molar-refractivity contribution is 5.81. The SMILES string of the molecule is COC(=O)/C=C/[C@H]1OC(C)(C)O[C@@H]1[C@H]1COC(C)(C)O1. The van der Waals surface area contributed by atoms with Gasteiger partial charge in [-0.2, -0.15) is 0 Å². The first-order valence-corrected chi connectivity index (χ1v) is 6.66. The van der Waals surface area contributed by atoms with E-state index in [0.29, 0.717) is 6.61 Å². The van der Waals surface area contributed by atoms with Crippen molar-refractivity contribution in [3.63, 3.8) is 0 Å². The molecule has 114 valence electrons. The Labute approximate surface area is 119 Å². The maximum absolute atomic E-state index is 11.2. The fourth-order valence-electron chi connectivity index (χ4n) is 2.37. The van der Waals surface area contributed by atoms with E-state index in [1.54, 1.807) is 6.08 Å². The number of carbonyl (C=O) groups excluding carboxylic acids is 1. The van der Waals surface area contributed by atoms with E-state index in [1.165, 1.54) is 13.2 Å². The van der Waals surface area contributed by atoms with Gasteiger partial charge in [0.25, 0.3) is 0 Å². The zero-order chi connectivity index (χ0) is 15.0. The normalized spacial score (nSPS) is 35.5. The molecule has 0 unspecified atom stereocenters. The largest absolute Gasteiger partial charge is 0.466 e. The van der Waals surface area contributed by atoms with Crippen LogP contribution in [-0.2, 0) is 28.5 Å². The fraction of sp³-hybridized carbons (Fsp3) is 0.786. The number of hydrogen-bond donors (Lipinski definition) is 0. The average molecular weight is 286 g/mol. The van der Waals surface area contributed by atoms with Gasteiger partial charge in [0.1, 0.15) is 18.3 Å². The molecule has 0 bridgehead atoms. The predicted molar refractivity (Wildman–Crippen MR) is 69.9 cm³/mol. The maximum Gasteiger partial charge on any atom is 0.330 e. The number of ether oxygens (including phenoxy) is 5. The van der Waals surface area contributed by atoms with E-state index in [0.717, 1.165) is 0 Å². The van der Waals surface area contributed by atoms with Crippen molar-refractivity contribution in [2.45, 2.75) is 57.6 Å². The summed E-state index contributed by atoms with van der Waals surface area (Å²) in [6.45, 7) is 7.79. The Morgan fingerprint density at radius 1 is 1.15 bits per heavy atom. The van der Waals surface area contributed by atoms with Crippen LogP contribution in [0.1, 0.15) is 27.7 Å². The molecule has 6 heteroatoms. The molecule has 20 heavy (non-hydrogen) atoms. The molecule has 2 fully saturated rings. The van der Waals surface area contributed by atoms with Gasteiger partial charge in [-0.25, -0.2) is 4.79 Å². The minimum Gasteiger partial charge on any atom is -0.466 e. The smallest absolute Gasteiger partial charge is 0.330 e. The standard InChI is InChI=1S/C14H22O6/c1-13(2)17-8-10(19-13)12-9(6-7-11(15)16-5)18-14(3,4)20-12/h6-7,9-10,12H,8H2,1-5H3/b7-6+/t9-,10-,12+/m1/s1. The molecule has 2 saturated heterocycles.